The predicted octanol–water partition coefficient (Wildman–Crippen LogP) is 4.49. The second-order valence-corrected chi connectivity index (χ2v) is 7.86. The van der Waals surface area contributed by atoms with Gasteiger partial charge >= 0.3 is 0 Å². The molecule has 4 aromatic rings. The second-order valence-electron chi connectivity index (χ2n) is 6.56. The minimum absolute atomic E-state index is 0.247. The number of halogens is 1. The van der Waals surface area contributed by atoms with Crippen molar-refractivity contribution in [3.8, 4) is 17.1 Å². The molecule has 2 aromatic carbocycles. The second kappa shape index (κ2) is 8.50. The fourth-order valence-corrected chi connectivity index (χ4v) is 3.68. The van der Waals surface area contributed by atoms with Crippen molar-refractivity contribution in [2.75, 3.05) is 5.32 Å². The first-order valence-corrected chi connectivity index (χ1v) is 10.1. The molecule has 4 rings (SSSR count). The Balaban J connectivity index is 1.65. The van der Waals surface area contributed by atoms with Crippen molar-refractivity contribution in [3.63, 3.8) is 0 Å². The number of carbonyl (C=O) groups is 1. The molecule has 0 fully saturated rings. The van der Waals surface area contributed by atoms with Crippen LogP contribution in [0, 0.1) is 12.7 Å². The van der Waals surface area contributed by atoms with Gasteiger partial charge < -0.3 is 9.84 Å². The van der Waals surface area contributed by atoms with Crippen molar-refractivity contribution in [1.29, 1.82) is 0 Å². The van der Waals surface area contributed by atoms with Gasteiger partial charge in [0, 0.05) is 17.3 Å². The Morgan fingerprint density at radius 2 is 1.87 bits per heavy atom. The van der Waals surface area contributed by atoms with Crippen LogP contribution in [0.25, 0.3) is 17.1 Å². The number of nitrogens with zero attached hydrogens (tertiary/aromatic N) is 4. The van der Waals surface area contributed by atoms with E-state index in [2.05, 4.69) is 20.7 Å². The lowest BCUT2D eigenvalue weighted by molar-refractivity contribution is -0.115. The lowest BCUT2D eigenvalue weighted by Crippen LogP contribution is -2.23. The van der Waals surface area contributed by atoms with Gasteiger partial charge in [-0.25, -0.2) is 4.39 Å². The maximum atomic E-state index is 13.5. The van der Waals surface area contributed by atoms with Gasteiger partial charge in [0.05, 0.1) is 5.25 Å². The summed E-state index contributed by atoms with van der Waals surface area (Å²) in [5, 5.41) is 15.1. The summed E-state index contributed by atoms with van der Waals surface area (Å²) in [4.78, 5) is 12.6. The highest BCUT2D eigenvalue weighted by Crippen LogP contribution is 2.30. The summed E-state index contributed by atoms with van der Waals surface area (Å²) in [6.45, 7) is 3.51. The molecule has 1 amide bonds. The zero-order valence-electron chi connectivity index (χ0n) is 16.2. The molecule has 0 aliphatic rings. The van der Waals surface area contributed by atoms with E-state index in [1.165, 1.54) is 23.9 Å². The summed E-state index contributed by atoms with van der Waals surface area (Å²) in [7, 11) is 0. The molecule has 1 atom stereocenters. The van der Waals surface area contributed by atoms with E-state index >= 15 is 0 Å². The quantitative estimate of drug-likeness (QED) is 0.460. The molecule has 0 spiro atoms. The number of nitrogens with one attached hydrogen (secondary N) is 1. The molecule has 1 N–H and O–H groups in total. The number of hydrogen-bond donors (Lipinski definition) is 1. The molecule has 0 aliphatic heterocycles. The molecule has 9 heteroatoms. The first-order chi connectivity index (χ1) is 14.5. The normalized spacial score (nSPS) is 12.0. The van der Waals surface area contributed by atoms with Crippen molar-refractivity contribution in [3.05, 3.63) is 72.2 Å². The summed E-state index contributed by atoms with van der Waals surface area (Å²) >= 11 is 1.24. The molecule has 0 aliphatic carbocycles. The van der Waals surface area contributed by atoms with Gasteiger partial charge in [-0.1, -0.05) is 47.3 Å². The smallest absolute Gasteiger partial charge is 0.238 e. The number of hydrogen-bond acceptors (Lipinski definition) is 6. The number of anilines is 1. The lowest BCUT2D eigenvalue weighted by atomic mass is 10.2. The third-order valence-electron chi connectivity index (χ3n) is 4.28. The first-order valence-electron chi connectivity index (χ1n) is 9.19. The van der Waals surface area contributed by atoms with E-state index in [-0.39, 0.29) is 11.7 Å². The van der Waals surface area contributed by atoms with E-state index in [1.54, 1.807) is 32.0 Å². The van der Waals surface area contributed by atoms with Gasteiger partial charge in [0.2, 0.25) is 5.91 Å². The molecule has 0 bridgehead atoms. The van der Waals surface area contributed by atoms with E-state index in [4.69, 9.17) is 4.52 Å². The molecule has 0 saturated heterocycles. The number of thioether (sulfide) groups is 1. The number of aryl methyl sites for hydroxylation is 1. The largest absolute Gasteiger partial charge is 0.360 e. The van der Waals surface area contributed by atoms with E-state index in [1.807, 2.05) is 34.9 Å². The molecular weight excluding hydrogens is 405 g/mol. The summed E-state index contributed by atoms with van der Waals surface area (Å²) in [6, 6.07) is 17.3. The maximum absolute atomic E-state index is 13.5. The van der Waals surface area contributed by atoms with Crippen molar-refractivity contribution in [1.82, 2.24) is 19.9 Å². The number of benzene rings is 2. The highest BCUT2D eigenvalue weighted by Gasteiger charge is 2.22. The van der Waals surface area contributed by atoms with Crippen LogP contribution in [0.3, 0.4) is 0 Å². The van der Waals surface area contributed by atoms with Crippen LogP contribution < -0.4 is 5.32 Å². The lowest BCUT2D eigenvalue weighted by Gasteiger charge is -2.13. The highest BCUT2D eigenvalue weighted by atomic mass is 32.2. The molecule has 2 aromatic heterocycles. The Bertz CT molecular complexity index is 1160. The minimum atomic E-state index is -0.492. The highest BCUT2D eigenvalue weighted by molar-refractivity contribution is 8.00. The summed E-state index contributed by atoms with van der Waals surface area (Å²) in [6.07, 6.45) is 0. The third kappa shape index (κ3) is 4.25. The SMILES string of the molecule is Cc1cc(NC(=O)C(C)Sc2nnc(-c3ccccc3)n2-c2ccc(F)cc2)no1. The van der Waals surface area contributed by atoms with Gasteiger partial charge in [-0.15, -0.1) is 10.2 Å². The molecule has 2 heterocycles. The number of amides is 1. The molecule has 30 heavy (non-hydrogen) atoms. The van der Waals surface area contributed by atoms with Crippen molar-refractivity contribution in [2.45, 2.75) is 24.3 Å². The average molecular weight is 423 g/mol. The van der Waals surface area contributed by atoms with Crippen LogP contribution in [0.5, 0.6) is 0 Å². The molecular formula is C21H18FN5O2S. The van der Waals surface area contributed by atoms with Crippen molar-refractivity contribution >= 4 is 23.5 Å². The van der Waals surface area contributed by atoms with Crippen LogP contribution in [-0.2, 0) is 4.79 Å². The Labute approximate surface area is 176 Å². The van der Waals surface area contributed by atoms with E-state index in [0.29, 0.717) is 28.2 Å². The molecule has 1 unspecified atom stereocenters. The van der Waals surface area contributed by atoms with E-state index in [9.17, 15) is 9.18 Å². The fraction of sp³-hybridized carbons (Fsp3) is 0.143. The number of carbonyl (C=O) groups excluding carboxylic acids is 1. The van der Waals surface area contributed by atoms with Gasteiger partial charge in [0.15, 0.2) is 16.8 Å². The number of rotatable bonds is 6. The summed E-state index contributed by atoms with van der Waals surface area (Å²) in [5.41, 5.74) is 1.55. The molecule has 0 saturated carbocycles. The zero-order chi connectivity index (χ0) is 21.1. The van der Waals surface area contributed by atoms with Crippen LogP contribution in [0.4, 0.5) is 10.2 Å². The first kappa shape index (κ1) is 19.8. The van der Waals surface area contributed by atoms with Crippen LogP contribution in [0.1, 0.15) is 12.7 Å². The molecule has 152 valence electrons. The Kier molecular flexibility index (Phi) is 5.62. The maximum Gasteiger partial charge on any atom is 0.238 e. The minimum Gasteiger partial charge on any atom is -0.360 e. The fourth-order valence-electron chi connectivity index (χ4n) is 2.81. The van der Waals surface area contributed by atoms with Gasteiger partial charge in [-0.05, 0) is 38.1 Å². The van der Waals surface area contributed by atoms with Crippen LogP contribution in [-0.4, -0.2) is 31.1 Å². The number of aromatic nitrogens is 4. The van der Waals surface area contributed by atoms with Crippen LogP contribution in [0.2, 0.25) is 0 Å². The average Bonchev–Trinajstić information content (AvgIpc) is 3.35. The monoisotopic (exact) mass is 423 g/mol. The van der Waals surface area contributed by atoms with E-state index in [0.717, 1.165) is 5.56 Å². The Morgan fingerprint density at radius 1 is 1.13 bits per heavy atom. The van der Waals surface area contributed by atoms with Crippen LogP contribution in [0.15, 0.2) is 70.3 Å². The Hall–Kier alpha value is -3.46. The topological polar surface area (TPSA) is 85.8 Å². The van der Waals surface area contributed by atoms with Gasteiger partial charge in [-0.3, -0.25) is 9.36 Å². The van der Waals surface area contributed by atoms with E-state index < -0.39 is 5.25 Å². The predicted molar refractivity (Wildman–Crippen MR) is 112 cm³/mol. The zero-order valence-corrected chi connectivity index (χ0v) is 17.1. The standard InChI is InChI=1S/C21H18FN5O2S/c1-13-12-18(26-29-13)23-20(28)14(2)30-21-25-24-19(15-6-4-3-5-7-15)27(21)17-10-8-16(22)9-11-17/h3-12,14H,1-2H3,(H,23,26,28). The summed E-state index contributed by atoms with van der Waals surface area (Å²) < 4.78 is 20.2. The van der Waals surface area contributed by atoms with Gasteiger partial charge in [0.25, 0.3) is 0 Å². The third-order valence-corrected chi connectivity index (χ3v) is 5.32. The molecule has 7 nitrogen and oxygen atoms in total. The van der Waals surface area contributed by atoms with Gasteiger partial charge in [-0.2, -0.15) is 0 Å². The summed E-state index contributed by atoms with van der Waals surface area (Å²) in [5.74, 6) is 0.981. The van der Waals surface area contributed by atoms with Crippen LogP contribution >= 0.6 is 11.8 Å². The Morgan fingerprint density at radius 3 is 2.53 bits per heavy atom. The van der Waals surface area contributed by atoms with Gasteiger partial charge in [0.1, 0.15) is 11.6 Å². The van der Waals surface area contributed by atoms with Crippen molar-refractivity contribution in [2.24, 2.45) is 0 Å². The molecule has 0 radical (unpaired) electrons. The van der Waals surface area contributed by atoms with Crippen molar-refractivity contribution < 1.29 is 13.7 Å².